The zero-order chi connectivity index (χ0) is 21.3. The summed E-state index contributed by atoms with van der Waals surface area (Å²) in [5, 5.41) is 10.5. The minimum Gasteiger partial charge on any atom is -0.504 e. The second-order valence-corrected chi connectivity index (χ2v) is 7.09. The van der Waals surface area contributed by atoms with E-state index in [1.165, 1.54) is 0 Å². The van der Waals surface area contributed by atoms with E-state index in [1.54, 1.807) is 12.1 Å². The predicted molar refractivity (Wildman–Crippen MR) is 120 cm³/mol. The zero-order valence-electron chi connectivity index (χ0n) is 17.1. The van der Waals surface area contributed by atoms with Gasteiger partial charge in [-0.25, -0.2) is 0 Å². The van der Waals surface area contributed by atoms with Gasteiger partial charge < -0.3 is 19.3 Å². The van der Waals surface area contributed by atoms with Crippen LogP contribution < -0.4 is 14.2 Å². The van der Waals surface area contributed by atoms with Crippen LogP contribution >= 0.6 is 0 Å². The average molecular weight is 412 g/mol. The van der Waals surface area contributed by atoms with Crippen LogP contribution in [0.4, 0.5) is 0 Å². The first-order valence-electron chi connectivity index (χ1n) is 10.1. The van der Waals surface area contributed by atoms with Crippen molar-refractivity contribution in [1.82, 2.24) is 0 Å². The van der Waals surface area contributed by atoms with Gasteiger partial charge in [-0.2, -0.15) is 0 Å². The molecule has 0 amide bonds. The molecule has 31 heavy (non-hydrogen) atoms. The molecule has 4 nitrogen and oxygen atoms in total. The molecular formula is C27H24O4. The topological polar surface area (TPSA) is 47.9 Å². The smallest absolute Gasteiger partial charge is 0.165 e. The number of hydrogen-bond donors (Lipinski definition) is 1. The number of ether oxygens (including phenoxy) is 3. The summed E-state index contributed by atoms with van der Waals surface area (Å²) in [7, 11) is 0. The normalized spacial score (nSPS) is 10.5. The van der Waals surface area contributed by atoms with Crippen molar-refractivity contribution in [3.63, 3.8) is 0 Å². The SMILES string of the molecule is Oc1cc(OCc2ccccc2)c(OCc2ccccc2)cc1OCc1ccccc1. The van der Waals surface area contributed by atoms with E-state index in [9.17, 15) is 5.11 Å². The Morgan fingerprint density at radius 2 is 0.806 bits per heavy atom. The van der Waals surface area contributed by atoms with Gasteiger partial charge in [-0.15, -0.1) is 0 Å². The molecule has 0 saturated carbocycles. The minimum absolute atomic E-state index is 0.00561. The molecule has 0 fully saturated rings. The van der Waals surface area contributed by atoms with Crippen molar-refractivity contribution in [1.29, 1.82) is 0 Å². The van der Waals surface area contributed by atoms with E-state index in [-0.39, 0.29) is 5.75 Å². The quantitative estimate of drug-likeness (QED) is 0.359. The van der Waals surface area contributed by atoms with Crippen LogP contribution in [0.1, 0.15) is 16.7 Å². The van der Waals surface area contributed by atoms with Crippen molar-refractivity contribution in [3.8, 4) is 23.0 Å². The van der Waals surface area contributed by atoms with E-state index >= 15 is 0 Å². The number of phenols is 1. The second kappa shape index (κ2) is 10.2. The van der Waals surface area contributed by atoms with Crippen LogP contribution in [-0.4, -0.2) is 5.11 Å². The lowest BCUT2D eigenvalue weighted by atomic mass is 10.2. The van der Waals surface area contributed by atoms with Gasteiger partial charge >= 0.3 is 0 Å². The first-order valence-corrected chi connectivity index (χ1v) is 10.1. The third-order valence-corrected chi connectivity index (χ3v) is 4.74. The molecular weight excluding hydrogens is 388 g/mol. The van der Waals surface area contributed by atoms with Gasteiger partial charge in [0, 0.05) is 12.1 Å². The first kappa shape index (κ1) is 20.4. The first-order chi connectivity index (χ1) is 15.3. The Morgan fingerprint density at radius 1 is 0.452 bits per heavy atom. The molecule has 0 spiro atoms. The highest BCUT2D eigenvalue weighted by atomic mass is 16.5. The highest BCUT2D eigenvalue weighted by Gasteiger charge is 2.14. The largest absolute Gasteiger partial charge is 0.504 e. The Morgan fingerprint density at radius 3 is 1.23 bits per heavy atom. The molecule has 4 aromatic rings. The minimum atomic E-state index is 0.00561. The standard InChI is InChI=1S/C27H24O4/c28-24-16-26(30-19-22-12-6-2-7-13-22)27(31-20-23-14-8-3-9-15-23)17-25(24)29-18-21-10-4-1-5-11-21/h1-17,28H,18-20H2. The van der Waals surface area contributed by atoms with E-state index in [1.807, 2.05) is 91.0 Å². The van der Waals surface area contributed by atoms with Gasteiger partial charge in [0.05, 0.1) is 0 Å². The fourth-order valence-electron chi connectivity index (χ4n) is 3.08. The summed E-state index contributed by atoms with van der Waals surface area (Å²) in [6.07, 6.45) is 0. The van der Waals surface area contributed by atoms with Gasteiger partial charge in [0.15, 0.2) is 23.0 Å². The third-order valence-electron chi connectivity index (χ3n) is 4.74. The Labute approximate surface area is 182 Å². The van der Waals surface area contributed by atoms with Crippen LogP contribution in [0.2, 0.25) is 0 Å². The molecule has 0 aromatic heterocycles. The van der Waals surface area contributed by atoms with Crippen LogP contribution in [0.15, 0.2) is 103 Å². The van der Waals surface area contributed by atoms with Gasteiger partial charge in [-0.3, -0.25) is 0 Å². The van der Waals surface area contributed by atoms with Crippen molar-refractivity contribution in [2.45, 2.75) is 19.8 Å². The van der Waals surface area contributed by atoms with Gasteiger partial charge in [0.25, 0.3) is 0 Å². The molecule has 156 valence electrons. The summed E-state index contributed by atoms with van der Waals surface area (Å²) in [6, 6.07) is 32.8. The van der Waals surface area contributed by atoms with Gasteiger partial charge in [-0.05, 0) is 16.7 Å². The van der Waals surface area contributed by atoms with Crippen LogP contribution in [-0.2, 0) is 19.8 Å². The molecule has 0 heterocycles. The molecule has 0 atom stereocenters. The van der Waals surface area contributed by atoms with Gasteiger partial charge in [0.1, 0.15) is 19.8 Å². The Kier molecular flexibility index (Phi) is 6.71. The van der Waals surface area contributed by atoms with Gasteiger partial charge in [-0.1, -0.05) is 91.0 Å². The summed E-state index contributed by atoms with van der Waals surface area (Å²) in [5.74, 6) is 1.33. The fraction of sp³-hybridized carbons (Fsp3) is 0.111. The average Bonchev–Trinajstić information content (AvgIpc) is 2.83. The number of phenolic OH excluding ortho intramolecular Hbond substituents is 1. The molecule has 4 rings (SSSR count). The molecule has 0 saturated heterocycles. The van der Waals surface area contributed by atoms with Crippen molar-refractivity contribution in [2.75, 3.05) is 0 Å². The van der Waals surface area contributed by atoms with Crippen LogP contribution in [0.3, 0.4) is 0 Å². The number of rotatable bonds is 9. The van der Waals surface area contributed by atoms with Crippen LogP contribution in [0, 0.1) is 0 Å². The molecule has 4 heteroatoms. The van der Waals surface area contributed by atoms with Crippen molar-refractivity contribution in [2.24, 2.45) is 0 Å². The maximum absolute atomic E-state index is 10.5. The van der Waals surface area contributed by atoms with E-state index in [0.29, 0.717) is 37.1 Å². The number of aromatic hydroxyl groups is 1. The predicted octanol–water partition coefficient (Wildman–Crippen LogP) is 6.13. The Hall–Kier alpha value is -3.92. The third kappa shape index (κ3) is 5.80. The van der Waals surface area contributed by atoms with E-state index in [0.717, 1.165) is 16.7 Å². The van der Waals surface area contributed by atoms with Crippen molar-refractivity contribution >= 4 is 0 Å². The summed E-state index contributed by atoms with van der Waals surface area (Å²) in [6.45, 7) is 1.09. The lowest BCUT2D eigenvalue weighted by Crippen LogP contribution is -2.02. The maximum Gasteiger partial charge on any atom is 0.165 e. The molecule has 0 aliphatic carbocycles. The Balaban J connectivity index is 1.53. The molecule has 0 aliphatic rings. The zero-order valence-corrected chi connectivity index (χ0v) is 17.1. The van der Waals surface area contributed by atoms with E-state index in [4.69, 9.17) is 14.2 Å². The fourth-order valence-corrected chi connectivity index (χ4v) is 3.08. The molecule has 0 unspecified atom stereocenters. The van der Waals surface area contributed by atoms with Crippen molar-refractivity contribution < 1.29 is 19.3 Å². The van der Waals surface area contributed by atoms with E-state index < -0.39 is 0 Å². The second-order valence-electron chi connectivity index (χ2n) is 7.09. The van der Waals surface area contributed by atoms with Crippen molar-refractivity contribution in [3.05, 3.63) is 120 Å². The summed E-state index contributed by atoms with van der Waals surface area (Å²) in [4.78, 5) is 0. The lowest BCUT2D eigenvalue weighted by Gasteiger charge is -2.16. The molecule has 0 radical (unpaired) electrons. The van der Waals surface area contributed by atoms with Gasteiger partial charge in [0.2, 0.25) is 0 Å². The monoisotopic (exact) mass is 412 g/mol. The number of benzene rings is 4. The van der Waals surface area contributed by atoms with E-state index in [2.05, 4.69) is 0 Å². The summed E-state index contributed by atoms with van der Waals surface area (Å²) in [5.41, 5.74) is 3.08. The Bertz CT molecular complexity index is 1080. The lowest BCUT2D eigenvalue weighted by molar-refractivity contribution is 0.246. The molecule has 0 bridgehead atoms. The maximum atomic E-state index is 10.5. The molecule has 1 N–H and O–H groups in total. The van der Waals surface area contributed by atoms with Crippen LogP contribution in [0.25, 0.3) is 0 Å². The highest BCUT2D eigenvalue weighted by Crippen LogP contribution is 2.40. The van der Waals surface area contributed by atoms with Crippen LogP contribution in [0.5, 0.6) is 23.0 Å². The molecule has 0 aliphatic heterocycles. The highest BCUT2D eigenvalue weighted by molar-refractivity contribution is 5.54. The molecule has 4 aromatic carbocycles. The summed E-state index contributed by atoms with van der Waals surface area (Å²) < 4.78 is 17.9. The summed E-state index contributed by atoms with van der Waals surface area (Å²) >= 11 is 0. The number of hydrogen-bond acceptors (Lipinski definition) is 4.